The van der Waals surface area contributed by atoms with Crippen molar-refractivity contribution in [2.24, 2.45) is 0 Å². The fraction of sp³-hybridized carbons (Fsp3) is 0.414. The van der Waals surface area contributed by atoms with Crippen LogP contribution >= 0.6 is 7.75 Å². The Balaban J connectivity index is 1.36. The second kappa shape index (κ2) is 12.3. The van der Waals surface area contributed by atoms with E-state index in [-0.39, 0.29) is 24.9 Å². The van der Waals surface area contributed by atoms with E-state index < -0.39 is 56.1 Å². The van der Waals surface area contributed by atoms with Gasteiger partial charge in [0.1, 0.15) is 29.7 Å². The summed E-state index contributed by atoms with van der Waals surface area (Å²) in [5.41, 5.74) is 6.88. The number of hydrogen-bond acceptors (Lipinski definition) is 11. The maximum atomic E-state index is 14.1. The second-order valence-corrected chi connectivity index (χ2v) is 12.4. The highest BCUT2D eigenvalue weighted by Crippen LogP contribution is 2.50. The minimum absolute atomic E-state index is 0.0216. The molecule has 1 aliphatic heterocycles. The first-order valence-corrected chi connectivity index (χ1v) is 15.4. The summed E-state index contributed by atoms with van der Waals surface area (Å²) in [5.74, 6) is -0.957. The molecule has 1 aliphatic carbocycles. The van der Waals surface area contributed by atoms with Gasteiger partial charge in [-0.3, -0.25) is 18.4 Å². The van der Waals surface area contributed by atoms with E-state index in [9.17, 15) is 24.4 Å². The van der Waals surface area contributed by atoms with E-state index in [1.165, 1.54) is 26.1 Å². The number of benzene rings is 2. The van der Waals surface area contributed by atoms with Crippen molar-refractivity contribution >= 4 is 19.5 Å². The van der Waals surface area contributed by atoms with Gasteiger partial charge < -0.3 is 25.4 Å². The molecule has 0 spiro atoms. The molecule has 1 aromatic heterocycles. The van der Waals surface area contributed by atoms with E-state index in [2.05, 4.69) is 10.1 Å². The Morgan fingerprint density at radius 3 is 2.35 bits per heavy atom. The van der Waals surface area contributed by atoms with E-state index in [4.69, 9.17) is 24.3 Å². The van der Waals surface area contributed by atoms with Crippen LogP contribution in [0.25, 0.3) is 11.1 Å². The maximum Gasteiger partial charge on any atom is 0.406 e. The van der Waals surface area contributed by atoms with E-state index in [0.29, 0.717) is 0 Å². The summed E-state index contributed by atoms with van der Waals surface area (Å²) >= 11 is 0. The third-order valence-corrected chi connectivity index (χ3v) is 9.31. The molecular formula is C29H35N4O9P. The van der Waals surface area contributed by atoms with Gasteiger partial charge in [0.15, 0.2) is 6.23 Å². The highest BCUT2D eigenvalue weighted by atomic mass is 31.2. The number of nitrogens with two attached hydrogens (primary N) is 1. The summed E-state index contributed by atoms with van der Waals surface area (Å²) in [6.07, 6.45) is -2.87. The van der Waals surface area contributed by atoms with Crippen LogP contribution in [0.4, 0.5) is 5.82 Å². The highest BCUT2D eigenvalue weighted by Gasteiger charge is 2.54. The van der Waals surface area contributed by atoms with Crippen LogP contribution in [0.2, 0.25) is 0 Å². The smallest absolute Gasteiger partial charge is 0.406 e. The lowest BCUT2D eigenvalue weighted by Gasteiger charge is -2.27. The molecule has 0 bridgehead atoms. The minimum atomic E-state index is -4.28. The molecule has 1 fully saturated rings. The van der Waals surface area contributed by atoms with E-state index in [1.807, 2.05) is 48.5 Å². The number of nitrogens with zero attached hydrogens (tertiary/aromatic N) is 2. The number of fused-ring (bicyclic) bond motifs is 3. The molecule has 6 atom stereocenters. The molecular weight excluding hydrogens is 579 g/mol. The summed E-state index contributed by atoms with van der Waals surface area (Å²) in [6, 6.07) is 16.0. The molecule has 13 nitrogen and oxygen atoms in total. The Bertz CT molecular complexity index is 1550. The highest BCUT2D eigenvalue weighted by molar-refractivity contribution is 7.51. The van der Waals surface area contributed by atoms with Gasteiger partial charge in [-0.2, -0.15) is 4.98 Å². The van der Waals surface area contributed by atoms with E-state index in [1.54, 1.807) is 6.92 Å². The molecule has 1 unspecified atom stereocenters. The van der Waals surface area contributed by atoms with Crippen LogP contribution < -0.4 is 16.5 Å². The number of nitrogen functional groups attached to an aromatic ring is 1. The van der Waals surface area contributed by atoms with Crippen molar-refractivity contribution in [1.82, 2.24) is 14.6 Å². The molecule has 5 N–H and O–H groups in total. The predicted molar refractivity (Wildman–Crippen MR) is 156 cm³/mol. The van der Waals surface area contributed by atoms with Gasteiger partial charge >= 0.3 is 19.4 Å². The van der Waals surface area contributed by atoms with E-state index >= 15 is 0 Å². The first kappa shape index (κ1) is 31.0. The summed E-state index contributed by atoms with van der Waals surface area (Å²) in [7, 11) is -4.28. The van der Waals surface area contributed by atoms with Crippen molar-refractivity contribution in [2.75, 3.05) is 25.6 Å². The average Bonchev–Trinajstić information content (AvgIpc) is 3.41. The van der Waals surface area contributed by atoms with Crippen LogP contribution in [0.3, 0.4) is 0 Å². The van der Waals surface area contributed by atoms with Crippen LogP contribution in [0.15, 0.2) is 65.6 Å². The van der Waals surface area contributed by atoms with E-state index in [0.717, 1.165) is 26.8 Å². The third-order valence-electron chi connectivity index (χ3n) is 7.63. The normalized spacial score (nSPS) is 25.1. The largest absolute Gasteiger partial charge is 0.465 e. The number of nitrogens with one attached hydrogen (secondary N) is 1. The molecule has 2 aromatic carbocycles. The van der Waals surface area contributed by atoms with Crippen LogP contribution in [-0.4, -0.2) is 69.4 Å². The summed E-state index contributed by atoms with van der Waals surface area (Å²) in [4.78, 5) is 28.5. The minimum Gasteiger partial charge on any atom is -0.465 e. The summed E-state index contributed by atoms with van der Waals surface area (Å²) < 4.78 is 37.7. The van der Waals surface area contributed by atoms with Crippen molar-refractivity contribution in [1.29, 1.82) is 0 Å². The van der Waals surface area contributed by atoms with Crippen LogP contribution in [-0.2, 0) is 27.9 Å². The fourth-order valence-electron chi connectivity index (χ4n) is 5.43. The Hall–Kier alpha value is -3.42. The zero-order valence-electron chi connectivity index (χ0n) is 24.0. The lowest BCUT2D eigenvalue weighted by atomic mass is 9.96. The monoisotopic (exact) mass is 614 g/mol. The molecule has 3 aromatic rings. The number of ether oxygens (including phenoxy) is 2. The molecule has 2 aliphatic rings. The lowest BCUT2D eigenvalue weighted by Crippen LogP contribution is -2.46. The van der Waals surface area contributed by atoms with Crippen molar-refractivity contribution < 1.29 is 38.1 Å². The first-order chi connectivity index (χ1) is 20.4. The molecule has 14 heteroatoms. The van der Waals surface area contributed by atoms with Gasteiger partial charge in [-0.15, -0.1) is 0 Å². The maximum absolute atomic E-state index is 14.1. The zero-order valence-corrected chi connectivity index (χ0v) is 24.8. The van der Waals surface area contributed by atoms with Crippen molar-refractivity contribution in [3.63, 3.8) is 0 Å². The lowest BCUT2D eigenvalue weighted by molar-refractivity contribution is -0.144. The molecule has 1 saturated heterocycles. The second-order valence-electron chi connectivity index (χ2n) is 10.7. The Kier molecular flexibility index (Phi) is 8.87. The Labute approximate surface area is 248 Å². The Morgan fingerprint density at radius 1 is 1.14 bits per heavy atom. The molecule has 0 saturated carbocycles. The number of esters is 1. The van der Waals surface area contributed by atoms with Crippen molar-refractivity contribution in [2.45, 2.75) is 56.8 Å². The van der Waals surface area contributed by atoms with Crippen LogP contribution in [0.1, 0.15) is 44.0 Å². The molecule has 230 valence electrons. The average molecular weight is 615 g/mol. The van der Waals surface area contributed by atoms with Gasteiger partial charge in [0, 0.05) is 12.1 Å². The zero-order chi connectivity index (χ0) is 30.9. The topological polar surface area (TPSA) is 184 Å². The predicted octanol–water partition coefficient (Wildman–Crippen LogP) is 2.33. The standard InChI is InChI=1S/C29H35N4O9P/c1-4-39-26(35)17(2)32-43(38,40-15-22-20-11-7-5-9-18(20)19-10-6-8-12-21(19)22)41-16-23-25(34)29(3,37)27(42-23)33-14-13-24(30)31-28(33)36/h5-14,17,22-23,25,27,34,37H,4,15-16H2,1-3H3,(H,32,38)(H2,30,31,36)/t17-,23+,25+,27+,29+,43?/m0/s1. The number of anilines is 1. The number of aromatic nitrogens is 2. The van der Waals surface area contributed by atoms with Gasteiger partial charge in [-0.25, -0.2) is 14.4 Å². The third kappa shape index (κ3) is 6.16. The van der Waals surface area contributed by atoms with Crippen LogP contribution in [0, 0.1) is 0 Å². The number of carbonyl (C=O) groups excluding carboxylic acids is 1. The quantitative estimate of drug-likeness (QED) is 0.183. The SMILES string of the molecule is CCOC(=O)[C@H](C)NP(=O)(OCC1c2ccccc2-c2ccccc21)OC[C@H]1O[C@@H](n2ccc(N)nc2=O)[C@](C)(O)[C@@H]1O. The van der Waals surface area contributed by atoms with Crippen LogP contribution in [0.5, 0.6) is 0 Å². The first-order valence-electron chi connectivity index (χ1n) is 13.9. The van der Waals surface area contributed by atoms with Crippen molar-refractivity contribution in [3.8, 4) is 11.1 Å². The van der Waals surface area contributed by atoms with Gasteiger partial charge in [-0.1, -0.05) is 48.5 Å². The number of hydrogen-bond donors (Lipinski definition) is 4. The molecule has 0 amide bonds. The molecule has 2 heterocycles. The number of rotatable bonds is 11. The van der Waals surface area contributed by atoms with Gasteiger partial charge in [0.25, 0.3) is 0 Å². The number of aliphatic hydroxyl groups excluding tert-OH is 1. The summed E-state index contributed by atoms with van der Waals surface area (Å²) in [6.45, 7) is 3.92. The van der Waals surface area contributed by atoms with Gasteiger partial charge in [-0.05, 0) is 49.1 Å². The summed E-state index contributed by atoms with van der Waals surface area (Å²) in [5, 5.41) is 24.6. The number of aliphatic hydroxyl groups is 2. The number of carbonyl (C=O) groups is 1. The molecule has 0 radical (unpaired) electrons. The van der Waals surface area contributed by atoms with Gasteiger partial charge in [0.05, 0.1) is 19.8 Å². The van der Waals surface area contributed by atoms with Crippen molar-refractivity contribution in [3.05, 3.63) is 82.4 Å². The van der Waals surface area contributed by atoms with Gasteiger partial charge in [0.2, 0.25) is 0 Å². The Morgan fingerprint density at radius 2 is 1.74 bits per heavy atom. The molecule has 5 rings (SSSR count). The molecule has 43 heavy (non-hydrogen) atoms. The fourth-order valence-corrected chi connectivity index (χ4v) is 6.93.